The second kappa shape index (κ2) is 5.00. The van der Waals surface area contributed by atoms with Gasteiger partial charge in [0.2, 0.25) is 0 Å². The van der Waals surface area contributed by atoms with E-state index in [0.29, 0.717) is 11.0 Å². The summed E-state index contributed by atoms with van der Waals surface area (Å²) in [7, 11) is 0. The first-order valence-electron chi connectivity index (χ1n) is 4.87. The third kappa shape index (κ3) is 2.34. The van der Waals surface area contributed by atoms with Crippen LogP contribution in [0.1, 0.15) is 12.0 Å². The van der Waals surface area contributed by atoms with Crippen LogP contribution in [0.15, 0.2) is 39.7 Å². The SMILES string of the molecule is O=c1ccoc2ccc(C#CCCBr)cc12. The van der Waals surface area contributed by atoms with Crippen molar-refractivity contribution in [2.24, 2.45) is 0 Å². The fraction of sp³-hybridized carbons (Fsp3) is 0.154. The molecule has 0 atom stereocenters. The maximum absolute atomic E-state index is 11.5. The Morgan fingerprint density at radius 2 is 2.19 bits per heavy atom. The van der Waals surface area contributed by atoms with Gasteiger partial charge in [0, 0.05) is 23.4 Å². The molecule has 0 saturated heterocycles. The minimum absolute atomic E-state index is 0.0367. The number of alkyl halides is 1. The molecule has 3 heteroatoms. The third-order valence-electron chi connectivity index (χ3n) is 2.11. The topological polar surface area (TPSA) is 30.2 Å². The largest absolute Gasteiger partial charge is 0.464 e. The van der Waals surface area contributed by atoms with Crippen molar-refractivity contribution < 1.29 is 4.42 Å². The molecule has 2 rings (SSSR count). The predicted molar refractivity (Wildman–Crippen MR) is 67.8 cm³/mol. The molecule has 80 valence electrons. The summed E-state index contributed by atoms with van der Waals surface area (Å²) in [6, 6.07) is 6.81. The van der Waals surface area contributed by atoms with Crippen LogP contribution >= 0.6 is 15.9 Å². The van der Waals surface area contributed by atoms with Gasteiger partial charge < -0.3 is 4.42 Å². The Morgan fingerprint density at radius 3 is 3.00 bits per heavy atom. The van der Waals surface area contributed by atoms with E-state index < -0.39 is 0 Å². The summed E-state index contributed by atoms with van der Waals surface area (Å²) in [5.74, 6) is 6.01. The lowest BCUT2D eigenvalue weighted by Crippen LogP contribution is -1.97. The lowest BCUT2D eigenvalue weighted by Gasteiger charge is -1.95. The van der Waals surface area contributed by atoms with Gasteiger partial charge in [0.15, 0.2) is 5.43 Å². The van der Waals surface area contributed by atoms with Gasteiger partial charge in [-0.05, 0) is 18.2 Å². The Hall–Kier alpha value is -1.53. The maximum atomic E-state index is 11.5. The lowest BCUT2D eigenvalue weighted by molar-refractivity contribution is 0.602. The van der Waals surface area contributed by atoms with Gasteiger partial charge in [-0.3, -0.25) is 4.79 Å². The van der Waals surface area contributed by atoms with Crippen LogP contribution in [-0.2, 0) is 0 Å². The van der Waals surface area contributed by atoms with Gasteiger partial charge in [-0.15, -0.1) is 0 Å². The predicted octanol–water partition coefficient (Wildman–Crippen LogP) is 2.93. The van der Waals surface area contributed by atoms with Crippen LogP contribution in [0.2, 0.25) is 0 Å². The van der Waals surface area contributed by atoms with Gasteiger partial charge in [0.05, 0.1) is 11.6 Å². The standard InChI is InChI=1S/C13H9BrO2/c14-7-2-1-3-10-4-5-13-11(9-10)12(15)6-8-16-13/h4-6,8-9H,2,7H2. The van der Waals surface area contributed by atoms with Crippen molar-refractivity contribution in [2.75, 3.05) is 5.33 Å². The molecule has 0 N–H and O–H groups in total. The molecule has 1 heterocycles. The first kappa shape index (κ1) is 11.0. The summed E-state index contributed by atoms with van der Waals surface area (Å²) in [5.41, 5.74) is 1.40. The molecule has 1 aromatic heterocycles. The molecule has 2 nitrogen and oxygen atoms in total. The Balaban J connectivity index is 2.49. The van der Waals surface area contributed by atoms with E-state index in [1.807, 2.05) is 6.07 Å². The van der Waals surface area contributed by atoms with Gasteiger partial charge >= 0.3 is 0 Å². The summed E-state index contributed by atoms with van der Waals surface area (Å²) in [4.78, 5) is 11.5. The number of fused-ring (bicyclic) bond motifs is 1. The van der Waals surface area contributed by atoms with Gasteiger partial charge in [0.25, 0.3) is 0 Å². The molecule has 0 saturated carbocycles. The highest BCUT2D eigenvalue weighted by molar-refractivity contribution is 9.09. The van der Waals surface area contributed by atoms with Crippen LogP contribution in [0.5, 0.6) is 0 Å². The number of rotatable bonds is 1. The van der Waals surface area contributed by atoms with Crippen molar-refractivity contribution in [1.29, 1.82) is 0 Å². The van der Waals surface area contributed by atoms with E-state index in [4.69, 9.17) is 4.42 Å². The van der Waals surface area contributed by atoms with Crippen LogP contribution in [0, 0.1) is 11.8 Å². The Labute approximate surface area is 101 Å². The van der Waals surface area contributed by atoms with Crippen molar-refractivity contribution in [3.05, 3.63) is 46.3 Å². The summed E-state index contributed by atoms with van der Waals surface area (Å²) in [6.45, 7) is 0. The molecular formula is C13H9BrO2. The molecule has 0 bridgehead atoms. The molecular weight excluding hydrogens is 268 g/mol. The molecule has 0 spiro atoms. The van der Waals surface area contributed by atoms with Crippen LogP contribution in [0.4, 0.5) is 0 Å². The summed E-state index contributed by atoms with van der Waals surface area (Å²) >= 11 is 3.31. The van der Waals surface area contributed by atoms with Crippen molar-refractivity contribution in [3.8, 4) is 11.8 Å². The molecule has 0 aliphatic rings. The van der Waals surface area contributed by atoms with Crippen molar-refractivity contribution in [1.82, 2.24) is 0 Å². The zero-order valence-corrected chi connectivity index (χ0v) is 10.1. The average Bonchev–Trinajstić information content (AvgIpc) is 2.30. The Bertz CT molecular complexity index is 617. The highest BCUT2D eigenvalue weighted by Gasteiger charge is 1.99. The molecule has 0 fully saturated rings. The van der Waals surface area contributed by atoms with Crippen LogP contribution in [0.25, 0.3) is 11.0 Å². The average molecular weight is 277 g/mol. The molecule has 16 heavy (non-hydrogen) atoms. The van der Waals surface area contributed by atoms with E-state index in [1.54, 1.807) is 12.1 Å². The van der Waals surface area contributed by atoms with Crippen LogP contribution in [-0.4, -0.2) is 5.33 Å². The molecule has 0 amide bonds. The second-order valence-electron chi connectivity index (χ2n) is 3.24. The molecule has 0 radical (unpaired) electrons. The first-order chi connectivity index (χ1) is 7.81. The van der Waals surface area contributed by atoms with Gasteiger partial charge in [-0.2, -0.15) is 0 Å². The van der Waals surface area contributed by atoms with Gasteiger partial charge in [-0.1, -0.05) is 27.8 Å². The van der Waals surface area contributed by atoms with Crippen LogP contribution in [0.3, 0.4) is 0 Å². The molecule has 1 aromatic carbocycles. The zero-order valence-electron chi connectivity index (χ0n) is 8.50. The van der Waals surface area contributed by atoms with E-state index in [1.165, 1.54) is 12.3 Å². The smallest absolute Gasteiger partial charge is 0.192 e. The molecule has 2 aromatic rings. The Morgan fingerprint density at radius 1 is 1.31 bits per heavy atom. The lowest BCUT2D eigenvalue weighted by atomic mass is 10.1. The normalized spacial score (nSPS) is 9.81. The zero-order chi connectivity index (χ0) is 11.4. The molecule has 0 aliphatic heterocycles. The minimum atomic E-state index is -0.0367. The van der Waals surface area contributed by atoms with E-state index >= 15 is 0 Å². The Kier molecular flexibility index (Phi) is 3.43. The number of hydrogen-bond donors (Lipinski definition) is 0. The van der Waals surface area contributed by atoms with Gasteiger partial charge in [-0.25, -0.2) is 0 Å². The molecule has 0 aliphatic carbocycles. The third-order valence-corrected chi connectivity index (χ3v) is 2.51. The van der Waals surface area contributed by atoms with E-state index in [2.05, 4.69) is 27.8 Å². The second-order valence-corrected chi connectivity index (χ2v) is 4.03. The monoisotopic (exact) mass is 276 g/mol. The quantitative estimate of drug-likeness (QED) is 0.592. The van der Waals surface area contributed by atoms with E-state index in [0.717, 1.165) is 17.3 Å². The fourth-order valence-corrected chi connectivity index (χ4v) is 1.57. The van der Waals surface area contributed by atoms with Crippen molar-refractivity contribution >= 4 is 26.9 Å². The van der Waals surface area contributed by atoms with Crippen molar-refractivity contribution in [3.63, 3.8) is 0 Å². The van der Waals surface area contributed by atoms with E-state index in [-0.39, 0.29) is 5.43 Å². The number of hydrogen-bond acceptors (Lipinski definition) is 2. The summed E-state index contributed by atoms with van der Waals surface area (Å²) in [5, 5.41) is 1.43. The number of benzene rings is 1. The maximum Gasteiger partial charge on any atom is 0.192 e. The van der Waals surface area contributed by atoms with E-state index in [9.17, 15) is 4.79 Å². The summed E-state index contributed by atoms with van der Waals surface area (Å²) < 4.78 is 5.22. The highest BCUT2D eigenvalue weighted by atomic mass is 79.9. The van der Waals surface area contributed by atoms with Crippen molar-refractivity contribution in [2.45, 2.75) is 6.42 Å². The molecule has 0 unspecified atom stereocenters. The highest BCUT2D eigenvalue weighted by Crippen LogP contribution is 2.11. The summed E-state index contributed by atoms with van der Waals surface area (Å²) in [6.07, 6.45) is 2.20. The van der Waals surface area contributed by atoms with Crippen LogP contribution < -0.4 is 5.43 Å². The first-order valence-corrected chi connectivity index (χ1v) is 6.00. The minimum Gasteiger partial charge on any atom is -0.464 e. The van der Waals surface area contributed by atoms with Gasteiger partial charge in [0.1, 0.15) is 5.58 Å². The number of halogens is 1. The fourth-order valence-electron chi connectivity index (χ4n) is 1.37.